The molecule has 0 aromatic rings. The molecular formula is C12H20Cl2O. The standard InChI is InChI=1S/C12H20Cl2O/c1-2-3-4-5-6-7-8-12(15)9-11(14)10-13/h9H,2-8,10H2,1H3/b11-9-. The predicted molar refractivity (Wildman–Crippen MR) is 67.7 cm³/mol. The van der Waals surface area contributed by atoms with Gasteiger partial charge in [-0.05, 0) is 12.5 Å². The van der Waals surface area contributed by atoms with Crippen LogP contribution >= 0.6 is 23.2 Å². The molecule has 15 heavy (non-hydrogen) atoms. The minimum atomic E-state index is 0.0936. The second-order valence-electron chi connectivity index (χ2n) is 3.71. The number of hydrogen-bond acceptors (Lipinski definition) is 1. The number of rotatable bonds is 9. The van der Waals surface area contributed by atoms with Crippen LogP contribution in [-0.4, -0.2) is 11.7 Å². The van der Waals surface area contributed by atoms with Crippen molar-refractivity contribution < 1.29 is 4.79 Å². The van der Waals surface area contributed by atoms with E-state index in [0.717, 1.165) is 12.8 Å². The molecular weight excluding hydrogens is 231 g/mol. The van der Waals surface area contributed by atoms with Crippen LogP contribution in [0.2, 0.25) is 0 Å². The third-order valence-corrected chi connectivity index (χ3v) is 2.89. The Bertz CT molecular complexity index is 200. The average Bonchev–Trinajstić information content (AvgIpc) is 2.23. The summed E-state index contributed by atoms with van der Waals surface area (Å²) in [6.45, 7) is 2.20. The van der Waals surface area contributed by atoms with Crippen molar-refractivity contribution in [3.63, 3.8) is 0 Å². The Hall–Kier alpha value is -0.0100. The molecule has 0 aromatic heterocycles. The number of ketones is 1. The first-order chi connectivity index (χ1) is 7.20. The van der Waals surface area contributed by atoms with Crippen molar-refractivity contribution in [1.29, 1.82) is 0 Å². The lowest BCUT2D eigenvalue weighted by atomic mass is 10.1. The van der Waals surface area contributed by atoms with Gasteiger partial charge in [0.15, 0.2) is 5.78 Å². The van der Waals surface area contributed by atoms with Crippen LogP contribution in [-0.2, 0) is 4.79 Å². The number of unbranched alkanes of at least 4 members (excludes halogenated alkanes) is 5. The number of carbonyl (C=O) groups is 1. The molecule has 88 valence electrons. The Labute approximate surface area is 103 Å². The fourth-order valence-corrected chi connectivity index (χ4v) is 1.56. The number of halogens is 2. The van der Waals surface area contributed by atoms with E-state index < -0.39 is 0 Å². The Kier molecular flexibility index (Phi) is 10.5. The molecule has 0 fully saturated rings. The summed E-state index contributed by atoms with van der Waals surface area (Å²) in [6.07, 6.45) is 9.21. The van der Waals surface area contributed by atoms with Gasteiger partial charge in [0.05, 0.1) is 5.88 Å². The molecule has 3 heteroatoms. The highest BCUT2D eigenvalue weighted by atomic mass is 35.5. The molecule has 0 rings (SSSR count). The van der Waals surface area contributed by atoms with E-state index in [0.29, 0.717) is 11.5 Å². The fourth-order valence-electron chi connectivity index (χ4n) is 1.36. The first kappa shape index (κ1) is 15.0. The van der Waals surface area contributed by atoms with E-state index in [2.05, 4.69) is 6.92 Å². The van der Waals surface area contributed by atoms with Crippen molar-refractivity contribution in [2.24, 2.45) is 0 Å². The highest BCUT2D eigenvalue weighted by Crippen LogP contribution is 2.09. The van der Waals surface area contributed by atoms with Gasteiger partial charge in [-0.25, -0.2) is 0 Å². The van der Waals surface area contributed by atoms with E-state index in [1.807, 2.05) is 0 Å². The number of hydrogen-bond donors (Lipinski definition) is 0. The molecule has 0 N–H and O–H groups in total. The van der Waals surface area contributed by atoms with Crippen LogP contribution in [0.25, 0.3) is 0 Å². The summed E-state index contributed by atoms with van der Waals surface area (Å²) in [6, 6.07) is 0. The van der Waals surface area contributed by atoms with E-state index in [1.165, 1.54) is 31.8 Å². The lowest BCUT2D eigenvalue weighted by Crippen LogP contribution is -1.94. The van der Waals surface area contributed by atoms with Gasteiger partial charge in [-0.3, -0.25) is 4.79 Å². The summed E-state index contributed by atoms with van der Waals surface area (Å²) in [4.78, 5) is 11.3. The third-order valence-electron chi connectivity index (χ3n) is 2.22. The van der Waals surface area contributed by atoms with E-state index >= 15 is 0 Å². The van der Waals surface area contributed by atoms with E-state index in [4.69, 9.17) is 23.2 Å². The highest BCUT2D eigenvalue weighted by Gasteiger charge is 1.99. The summed E-state index contributed by atoms with van der Waals surface area (Å²) in [5.41, 5.74) is 0. The van der Waals surface area contributed by atoms with Crippen molar-refractivity contribution in [2.45, 2.75) is 51.9 Å². The normalized spacial score (nSPS) is 11.8. The molecule has 0 unspecified atom stereocenters. The van der Waals surface area contributed by atoms with Crippen LogP contribution in [0.15, 0.2) is 11.1 Å². The lowest BCUT2D eigenvalue weighted by molar-refractivity contribution is -0.114. The van der Waals surface area contributed by atoms with Crippen molar-refractivity contribution in [2.75, 3.05) is 5.88 Å². The molecule has 0 radical (unpaired) electrons. The molecule has 0 amide bonds. The average molecular weight is 251 g/mol. The van der Waals surface area contributed by atoms with E-state index in [9.17, 15) is 4.79 Å². The van der Waals surface area contributed by atoms with Crippen molar-refractivity contribution in [1.82, 2.24) is 0 Å². The topological polar surface area (TPSA) is 17.1 Å². The lowest BCUT2D eigenvalue weighted by Gasteiger charge is -1.98. The zero-order valence-electron chi connectivity index (χ0n) is 9.40. The monoisotopic (exact) mass is 250 g/mol. The molecule has 0 spiro atoms. The van der Waals surface area contributed by atoms with Gasteiger partial charge in [0.25, 0.3) is 0 Å². The van der Waals surface area contributed by atoms with Crippen molar-refractivity contribution >= 4 is 29.0 Å². The van der Waals surface area contributed by atoms with Crippen molar-refractivity contribution in [3.8, 4) is 0 Å². The first-order valence-electron chi connectivity index (χ1n) is 5.65. The zero-order chi connectivity index (χ0) is 11.5. The Balaban J connectivity index is 3.39. The van der Waals surface area contributed by atoms with Gasteiger partial charge in [0.1, 0.15) is 0 Å². The minimum Gasteiger partial charge on any atom is -0.295 e. The maximum absolute atomic E-state index is 11.3. The number of carbonyl (C=O) groups excluding carboxylic acids is 1. The van der Waals surface area contributed by atoms with Gasteiger partial charge in [-0.1, -0.05) is 50.6 Å². The quantitative estimate of drug-likeness (QED) is 0.330. The van der Waals surface area contributed by atoms with Crippen LogP contribution in [0.4, 0.5) is 0 Å². The second-order valence-corrected chi connectivity index (χ2v) is 4.46. The molecule has 0 aliphatic rings. The predicted octanol–water partition coefficient (Wildman–Crippen LogP) is 4.67. The number of alkyl halides is 1. The minimum absolute atomic E-state index is 0.0936. The molecule has 0 aromatic carbocycles. The molecule has 0 atom stereocenters. The first-order valence-corrected chi connectivity index (χ1v) is 6.56. The van der Waals surface area contributed by atoms with E-state index in [-0.39, 0.29) is 11.7 Å². The Morgan fingerprint density at radius 1 is 1.13 bits per heavy atom. The smallest absolute Gasteiger partial charge is 0.156 e. The van der Waals surface area contributed by atoms with Gasteiger partial charge in [-0.2, -0.15) is 0 Å². The number of allylic oxidation sites excluding steroid dienone is 2. The molecule has 0 aliphatic heterocycles. The zero-order valence-corrected chi connectivity index (χ0v) is 10.9. The van der Waals surface area contributed by atoms with Crippen LogP contribution in [0, 0.1) is 0 Å². The maximum Gasteiger partial charge on any atom is 0.156 e. The molecule has 0 bridgehead atoms. The van der Waals surface area contributed by atoms with Gasteiger partial charge in [-0.15, -0.1) is 11.6 Å². The third kappa shape index (κ3) is 10.3. The van der Waals surface area contributed by atoms with Crippen LogP contribution in [0.3, 0.4) is 0 Å². The van der Waals surface area contributed by atoms with Gasteiger partial charge in [0, 0.05) is 11.5 Å². The Morgan fingerprint density at radius 3 is 2.33 bits per heavy atom. The fraction of sp³-hybridized carbons (Fsp3) is 0.750. The summed E-state index contributed by atoms with van der Waals surface area (Å²) >= 11 is 11.1. The van der Waals surface area contributed by atoms with Crippen LogP contribution in [0.5, 0.6) is 0 Å². The van der Waals surface area contributed by atoms with Crippen LogP contribution in [0.1, 0.15) is 51.9 Å². The van der Waals surface area contributed by atoms with Gasteiger partial charge >= 0.3 is 0 Å². The molecule has 0 aliphatic carbocycles. The van der Waals surface area contributed by atoms with Gasteiger partial charge in [0.2, 0.25) is 0 Å². The summed E-state index contributed by atoms with van der Waals surface area (Å²) in [7, 11) is 0. The van der Waals surface area contributed by atoms with Gasteiger partial charge < -0.3 is 0 Å². The SMILES string of the molecule is CCCCCCCCC(=O)/C=C(\Cl)CCl. The van der Waals surface area contributed by atoms with Crippen molar-refractivity contribution in [3.05, 3.63) is 11.1 Å². The summed E-state index contributed by atoms with van der Waals surface area (Å²) in [5.74, 6) is 0.320. The molecule has 0 heterocycles. The van der Waals surface area contributed by atoms with E-state index in [1.54, 1.807) is 0 Å². The highest BCUT2D eigenvalue weighted by molar-refractivity contribution is 6.36. The second kappa shape index (κ2) is 10.5. The molecule has 0 saturated heterocycles. The van der Waals surface area contributed by atoms with Crippen LogP contribution < -0.4 is 0 Å². The largest absolute Gasteiger partial charge is 0.295 e. The molecule has 1 nitrogen and oxygen atoms in total. The Morgan fingerprint density at radius 2 is 1.73 bits per heavy atom. The maximum atomic E-state index is 11.3. The summed E-state index contributed by atoms with van der Waals surface area (Å²) in [5, 5.41) is 0.438. The summed E-state index contributed by atoms with van der Waals surface area (Å²) < 4.78 is 0. The molecule has 0 saturated carbocycles.